The zero-order valence-corrected chi connectivity index (χ0v) is 18.3. The maximum absolute atomic E-state index is 13.3. The lowest BCUT2D eigenvalue weighted by atomic mass is 9.92. The molecule has 1 unspecified atom stereocenters. The Bertz CT molecular complexity index is 1280. The van der Waals surface area contributed by atoms with Gasteiger partial charge in [-0.15, -0.1) is 0 Å². The van der Waals surface area contributed by atoms with E-state index in [1.165, 1.54) is 11.3 Å². The molecule has 5 rings (SSSR count). The summed E-state index contributed by atoms with van der Waals surface area (Å²) >= 11 is 0. The molecule has 1 N–H and O–H groups in total. The lowest BCUT2D eigenvalue weighted by Crippen LogP contribution is -2.32. The highest BCUT2D eigenvalue weighted by atomic mass is 16.2. The van der Waals surface area contributed by atoms with Gasteiger partial charge in [0.05, 0.1) is 24.3 Å². The minimum Gasteiger partial charge on any atom is -0.345 e. The molecule has 1 aliphatic rings. The normalized spacial score (nSPS) is 15.0. The van der Waals surface area contributed by atoms with E-state index < -0.39 is 0 Å². The molecule has 1 aliphatic carbocycles. The molecule has 164 valence electrons. The van der Waals surface area contributed by atoms with Crippen LogP contribution in [0.15, 0.2) is 91.1 Å². The van der Waals surface area contributed by atoms with E-state index in [0.29, 0.717) is 23.2 Å². The molecule has 4 aromatic rings. The molecule has 1 amide bonds. The number of rotatable bonds is 6. The monoisotopic (exact) mass is 435 g/mol. The first-order valence-corrected chi connectivity index (χ1v) is 11.3. The van der Waals surface area contributed by atoms with Crippen molar-refractivity contribution < 1.29 is 9.59 Å². The maximum Gasteiger partial charge on any atom is 0.252 e. The summed E-state index contributed by atoms with van der Waals surface area (Å²) in [5.74, 6) is -0.384. The van der Waals surface area contributed by atoms with Crippen molar-refractivity contribution in [2.75, 3.05) is 0 Å². The molecule has 0 saturated carbocycles. The Kier molecular flexibility index (Phi) is 5.85. The number of nitrogens with one attached hydrogen (secondary N) is 1. The van der Waals surface area contributed by atoms with Crippen molar-refractivity contribution in [3.63, 3.8) is 0 Å². The molecule has 5 nitrogen and oxygen atoms in total. The molecular formula is C28H25N3O2. The van der Waals surface area contributed by atoms with Gasteiger partial charge in [-0.3, -0.25) is 14.3 Å². The smallest absolute Gasteiger partial charge is 0.252 e. The number of nitrogens with zero attached hydrogens (tertiary/aromatic N) is 2. The molecular weight excluding hydrogens is 410 g/mol. The first-order chi connectivity index (χ1) is 16.2. The highest BCUT2D eigenvalue weighted by Crippen LogP contribution is 2.30. The highest BCUT2D eigenvalue weighted by molar-refractivity contribution is 6.15. The molecule has 0 radical (unpaired) electrons. The zero-order valence-electron chi connectivity index (χ0n) is 18.3. The number of ketones is 1. The second kappa shape index (κ2) is 9.25. The van der Waals surface area contributed by atoms with Crippen LogP contribution in [0.3, 0.4) is 0 Å². The number of carbonyl (C=O) groups excluding carboxylic acids is 2. The number of aromatic nitrogens is 2. The van der Waals surface area contributed by atoms with Gasteiger partial charge in [-0.1, -0.05) is 78.9 Å². The molecule has 0 aliphatic heterocycles. The first-order valence-electron chi connectivity index (χ1n) is 11.3. The van der Waals surface area contributed by atoms with Crippen LogP contribution >= 0.6 is 0 Å². The van der Waals surface area contributed by atoms with E-state index in [0.717, 1.165) is 24.8 Å². The summed E-state index contributed by atoms with van der Waals surface area (Å²) in [5, 5.41) is 7.79. The van der Waals surface area contributed by atoms with Gasteiger partial charge in [-0.2, -0.15) is 5.10 Å². The maximum atomic E-state index is 13.3. The minimum atomic E-state index is -0.233. The van der Waals surface area contributed by atoms with Crippen LogP contribution in [0.4, 0.5) is 0 Å². The Labute approximate surface area is 193 Å². The van der Waals surface area contributed by atoms with Gasteiger partial charge in [0.25, 0.3) is 5.91 Å². The second-order valence-corrected chi connectivity index (χ2v) is 8.35. The fourth-order valence-electron chi connectivity index (χ4n) is 4.52. The van der Waals surface area contributed by atoms with E-state index >= 15 is 0 Å². The molecule has 0 spiro atoms. The average molecular weight is 436 g/mol. The summed E-state index contributed by atoms with van der Waals surface area (Å²) in [4.78, 5) is 26.3. The van der Waals surface area contributed by atoms with Crippen LogP contribution in [0.2, 0.25) is 0 Å². The van der Waals surface area contributed by atoms with Crippen LogP contribution in [0.5, 0.6) is 0 Å². The van der Waals surface area contributed by atoms with Crippen molar-refractivity contribution >= 4 is 11.7 Å². The largest absolute Gasteiger partial charge is 0.345 e. The van der Waals surface area contributed by atoms with E-state index in [9.17, 15) is 9.59 Å². The summed E-state index contributed by atoms with van der Waals surface area (Å²) in [6, 6.07) is 26.2. The van der Waals surface area contributed by atoms with Gasteiger partial charge < -0.3 is 5.32 Å². The van der Waals surface area contributed by atoms with Crippen LogP contribution in [0.1, 0.15) is 62.0 Å². The SMILES string of the molecule is O=C(NC1CCCc2c1cnn2Cc1ccccc1)c1ccccc1C(=O)c1ccccc1. The minimum absolute atomic E-state index is 0.120. The Morgan fingerprint density at radius 1 is 0.879 bits per heavy atom. The van der Waals surface area contributed by atoms with Gasteiger partial charge in [0.1, 0.15) is 0 Å². The van der Waals surface area contributed by atoms with Crippen LogP contribution in [-0.2, 0) is 13.0 Å². The van der Waals surface area contributed by atoms with E-state index in [1.54, 1.807) is 36.4 Å². The van der Waals surface area contributed by atoms with Crippen LogP contribution in [-0.4, -0.2) is 21.5 Å². The average Bonchev–Trinajstić information content (AvgIpc) is 3.28. The third-order valence-corrected chi connectivity index (χ3v) is 6.20. The Morgan fingerprint density at radius 2 is 1.55 bits per heavy atom. The van der Waals surface area contributed by atoms with Crippen LogP contribution in [0, 0.1) is 0 Å². The third-order valence-electron chi connectivity index (χ3n) is 6.20. The second-order valence-electron chi connectivity index (χ2n) is 8.35. The predicted octanol–water partition coefficient (Wildman–Crippen LogP) is 4.97. The summed E-state index contributed by atoms with van der Waals surface area (Å²) in [6.45, 7) is 0.714. The summed E-state index contributed by atoms with van der Waals surface area (Å²) in [5.41, 5.74) is 4.82. The molecule has 5 heteroatoms. The number of amides is 1. The first kappa shape index (κ1) is 20.9. The molecule has 33 heavy (non-hydrogen) atoms. The van der Waals surface area contributed by atoms with E-state index in [2.05, 4.69) is 22.5 Å². The van der Waals surface area contributed by atoms with Crippen molar-refractivity contribution in [3.05, 3.63) is 125 Å². The Balaban J connectivity index is 1.38. The summed E-state index contributed by atoms with van der Waals surface area (Å²) in [7, 11) is 0. The van der Waals surface area contributed by atoms with Gasteiger partial charge in [0.2, 0.25) is 0 Å². The molecule has 0 fully saturated rings. The molecule has 0 bridgehead atoms. The molecule has 1 aromatic heterocycles. The predicted molar refractivity (Wildman–Crippen MR) is 127 cm³/mol. The fourth-order valence-corrected chi connectivity index (χ4v) is 4.52. The molecule has 1 heterocycles. The zero-order chi connectivity index (χ0) is 22.6. The van der Waals surface area contributed by atoms with Gasteiger partial charge in [0.15, 0.2) is 5.78 Å². The van der Waals surface area contributed by atoms with Gasteiger partial charge in [-0.25, -0.2) is 0 Å². The van der Waals surface area contributed by atoms with Crippen molar-refractivity contribution in [2.24, 2.45) is 0 Å². The fraction of sp³-hybridized carbons (Fsp3) is 0.179. The highest BCUT2D eigenvalue weighted by Gasteiger charge is 2.27. The lowest BCUT2D eigenvalue weighted by Gasteiger charge is -2.24. The Hall–Kier alpha value is -3.99. The van der Waals surface area contributed by atoms with Crippen molar-refractivity contribution in [1.82, 2.24) is 15.1 Å². The van der Waals surface area contributed by atoms with E-state index in [4.69, 9.17) is 0 Å². The van der Waals surface area contributed by atoms with Crippen LogP contribution < -0.4 is 5.32 Å². The van der Waals surface area contributed by atoms with Crippen molar-refractivity contribution in [2.45, 2.75) is 31.8 Å². The molecule has 1 atom stereocenters. The number of carbonyl (C=O) groups is 2. The number of fused-ring (bicyclic) bond motifs is 1. The molecule has 0 saturated heterocycles. The summed E-state index contributed by atoms with van der Waals surface area (Å²) in [6.07, 6.45) is 4.65. The lowest BCUT2D eigenvalue weighted by molar-refractivity contribution is 0.0923. The topological polar surface area (TPSA) is 64.0 Å². The number of hydrogen-bond acceptors (Lipinski definition) is 3. The van der Waals surface area contributed by atoms with Crippen LogP contribution in [0.25, 0.3) is 0 Å². The molecule has 3 aromatic carbocycles. The van der Waals surface area contributed by atoms with Crippen molar-refractivity contribution in [1.29, 1.82) is 0 Å². The van der Waals surface area contributed by atoms with E-state index in [-0.39, 0.29) is 17.7 Å². The Morgan fingerprint density at radius 3 is 2.30 bits per heavy atom. The van der Waals surface area contributed by atoms with Gasteiger partial charge in [-0.05, 0) is 30.9 Å². The van der Waals surface area contributed by atoms with Crippen molar-refractivity contribution in [3.8, 4) is 0 Å². The number of hydrogen-bond donors (Lipinski definition) is 1. The van der Waals surface area contributed by atoms with E-state index in [1.807, 2.05) is 47.3 Å². The standard InChI is InChI=1S/C28H25N3O2/c32-27(21-12-5-2-6-13-21)22-14-7-8-15-23(22)28(33)30-25-16-9-17-26-24(25)18-29-31(26)19-20-10-3-1-4-11-20/h1-8,10-15,18,25H,9,16-17,19H2,(H,30,33). The van der Waals surface area contributed by atoms with Gasteiger partial charge in [0, 0.05) is 22.4 Å². The summed E-state index contributed by atoms with van der Waals surface area (Å²) < 4.78 is 2.04. The third kappa shape index (κ3) is 4.35. The quantitative estimate of drug-likeness (QED) is 0.435. The number of benzene rings is 3. The van der Waals surface area contributed by atoms with Gasteiger partial charge >= 0.3 is 0 Å².